The van der Waals surface area contributed by atoms with Crippen molar-refractivity contribution in [3.63, 3.8) is 0 Å². The molecule has 2 aromatic carbocycles. The Kier molecular flexibility index (Phi) is 7.18. The van der Waals surface area contributed by atoms with E-state index in [1.165, 1.54) is 44.5 Å². The van der Waals surface area contributed by atoms with Crippen LogP contribution in [0.4, 0.5) is 11.4 Å². The van der Waals surface area contributed by atoms with Gasteiger partial charge in [-0.25, -0.2) is 18.1 Å². The first-order valence-electron chi connectivity index (χ1n) is 9.54. The third-order valence-electron chi connectivity index (χ3n) is 4.37. The lowest BCUT2D eigenvalue weighted by molar-refractivity contribution is -0.114. The lowest BCUT2D eigenvalue weighted by atomic mass is 10.1. The number of pyridine rings is 1. The van der Waals surface area contributed by atoms with Crippen molar-refractivity contribution in [1.82, 2.24) is 9.71 Å². The van der Waals surface area contributed by atoms with E-state index in [1.54, 1.807) is 36.4 Å². The number of nitrogens with one attached hydrogen (secondary N) is 3. The molecule has 166 valence electrons. The zero-order valence-electron chi connectivity index (χ0n) is 17.5. The van der Waals surface area contributed by atoms with Gasteiger partial charge in [0.05, 0.1) is 23.9 Å². The van der Waals surface area contributed by atoms with Gasteiger partial charge in [0.15, 0.2) is 0 Å². The third kappa shape index (κ3) is 6.13. The van der Waals surface area contributed by atoms with Crippen molar-refractivity contribution in [3.8, 4) is 5.88 Å². The number of rotatable bonds is 8. The molecule has 0 saturated heterocycles. The van der Waals surface area contributed by atoms with Crippen LogP contribution >= 0.6 is 0 Å². The first-order valence-corrected chi connectivity index (χ1v) is 11.0. The molecule has 0 fully saturated rings. The predicted octanol–water partition coefficient (Wildman–Crippen LogP) is 2.78. The van der Waals surface area contributed by atoms with Gasteiger partial charge in [0.25, 0.3) is 5.91 Å². The minimum Gasteiger partial charge on any atom is -0.481 e. The topological polar surface area (TPSA) is 126 Å². The summed E-state index contributed by atoms with van der Waals surface area (Å²) in [7, 11) is -2.23. The lowest BCUT2D eigenvalue weighted by Gasteiger charge is -2.09. The largest absolute Gasteiger partial charge is 0.481 e. The molecule has 0 aliphatic heterocycles. The van der Waals surface area contributed by atoms with Crippen molar-refractivity contribution in [3.05, 3.63) is 78.0 Å². The zero-order chi connectivity index (χ0) is 23.1. The van der Waals surface area contributed by atoms with Gasteiger partial charge in [0, 0.05) is 30.8 Å². The van der Waals surface area contributed by atoms with E-state index in [0.717, 1.165) is 0 Å². The van der Waals surface area contributed by atoms with Gasteiger partial charge in [-0.3, -0.25) is 9.59 Å². The Bertz CT molecular complexity index is 1190. The fourth-order valence-corrected chi connectivity index (χ4v) is 3.75. The number of carbonyl (C=O) groups excluding carboxylic acids is 2. The maximum absolute atomic E-state index is 12.5. The van der Waals surface area contributed by atoms with Crippen molar-refractivity contribution >= 4 is 33.2 Å². The van der Waals surface area contributed by atoms with Crippen LogP contribution in [0.5, 0.6) is 5.88 Å². The molecule has 9 nitrogen and oxygen atoms in total. The Hall–Kier alpha value is -3.76. The molecule has 0 unspecified atom stereocenters. The van der Waals surface area contributed by atoms with Crippen LogP contribution in [0.25, 0.3) is 0 Å². The van der Waals surface area contributed by atoms with Crippen molar-refractivity contribution in [2.75, 3.05) is 17.7 Å². The average molecular weight is 455 g/mol. The second kappa shape index (κ2) is 10.0. The molecule has 0 aliphatic carbocycles. The summed E-state index contributed by atoms with van der Waals surface area (Å²) in [5, 5.41) is 5.31. The molecule has 2 amide bonds. The molecule has 3 aromatic rings. The molecule has 0 spiro atoms. The van der Waals surface area contributed by atoms with Crippen molar-refractivity contribution in [1.29, 1.82) is 0 Å². The zero-order valence-corrected chi connectivity index (χ0v) is 18.3. The maximum atomic E-state index is 12.5. The van der Waals surface area contributed by atoms with Crippen LogP contribution in [0, 0.1) is 0 Å². The van der Waals surface area contributed by atoms with E-state index in [0.29, 0.717) is 28.4 Å². The van der Waals surface area contributed by atoms with Gasteiger partial charge in [-0.05, 0) is 48.0 Å². The van der Waals surface area contributed by atoms with Gasteiger partial charge >= 0.3 is 0 Å². The van der Waals surface area contributed by atoms with Crippen molar-refractivity contribution in [2.45, 2.75) is 18.4 Å². The number of methoxy groups -OCH3 is 1. The Morgan fingerprint density at radius 1 is 0.906 bits per heavy atom. The molecule has 10 heteroatoms. The van der Waals surface area contributed by atoms with Gasteiger partial charge in [-0.1, -0.05) is 12.1 Å². The summed E-state index contributed by atoms with van der Waals surface area (Å²) in [6.07, 6.45) is 1.49. The van der Waals surface area contributed by atoms with E-state index in [-0.39, 0.29) is 23.3 Å². The average Bonchev–Trinajstić information content (AvgIpc) is 2.78. The number of nitrogens with zero attached hydrogens (tertiary/aromatic N) is 1. The molecule has 0 aliphatic rings. The highest BCUT2D eigenvalue weighted by Crippen LogP contribution is 2.16. The van der Waals surface area contributed by atoms with Gasteiger partial charge in [-0.15, -0.1) is 0 Å². The van der Waals surface area contributed by atoms with Crippen LogP contribution in [-0.4, -0.2) is 32.3 Å². The molecule has 1 heterocycles. The quantitative estimate of drug-likeness (QED) is 0.480. The molecular formula is C22H22N4O5S. The summed E-state index contributed by atoms with van der Waals surface area (Å²) in [6.45, 7) is 1.43. The second-order valence-electron chi connectivity index (χ2n) is 6.77. The van der Waals surface area contributed by atoms with Crippen LogP contribution in [-0.2, 0) is 21.4 Å². The van der Waals surface area contributed by atoms with Crippen LogP contribution in [0.15, 0.2) is 71.8 Å². The summed E-state index contributed by atoms with van der Waals surface area (Å²) >= 11 is 0. The molecule has 0 radical (unpaired) electrons. The standard InChI is InChI=1S/C22H22N4O5S/c1-15(27)25-18-7-10-20(11-8-18)32(29,30)24-13-16-3-5-17(6-4-16)22(28)26-19-9-12-21(31-2)23-14-19/h3-12,14,24H,13H2,1-2H3,(H,25,27)(H,26,28). The van der Waals surface area contributed by atoms with Crippen molar-refractivity contribution < 1.29 is 22.7 Å². The highest BCUT2D eigenvalue weighted by molar-refractivity contribution is 7.89. The molecule has 3 rings (SSSR count). The minimum atomic E-state index is -3.74. The first-order chi connectivity index (χ1) is 15.3. The SMILES string of the molecule is COc1ccc(NC(=O)c2ccc(CNS(=O)(=O)c3ccc(NC(C)=O)cc3)cc2)cn1. The number of carbonyl (C=O) groups is 2. The van der Waals surface area contributed by atoms with E-state index >= 15 is 0 Å². The summed E-state index contributed by atoms with van der Waals surface area (Å²) in [6, 6.07) is 15.7. The molecule has 0 bridgehead atoms. The monoisotopic (exact) mass is 454 g/mol. The fourth-order valence-electron chi connectivity index (χ4n) is 2.73. The summed E-state index contributed by atoms with van der Waals surface area (Å²) in [5.74, 6) is -0.113. The summed E-state index contributed by atoms with van der Waals surface area (Å²) in [5.41, 5.74) is 2.14. The van der Waals surface area contributed by atoms with Crippen LogP contribution < -0.4 is 20.1 Å². The Morgan fingerprint density at radius 3 is 2.12 bits per heavy atom. The normalized spacial score (nSPS) is 10.9. The molecule has 0 saturated carbocycles. The molecule has 0 atom stereocenters. The highest BCUT2D eigenvalue weighted by atomic mass is 32.2. The van der Waals surface area contributed by atoms with Crippen LogP contribution in [0.2, 0.25) is 0 Å². The third-order valence-corrected chi connectivity index (χ3v) is 5.79. The maximum Gasteiger partial charge on any atom is 0.255 e. The Balaban J connectivity index is 1.58. The van der Waals surface area contributed by atoms with E-state index in [4.69, 9.17) is 4.74 Å². The smallest absolute Gasteiger partial charge is 0.255 e. The van der Waals surface area contributed by atoms with Crippen LogP contribution in [0.1, 0.15) is 22.8 Å². The minimum absolute atomic E-state index is 0.0556. The number of amides is 2. The number of ether oxygens (including phenoxy) is 1. The molecule has 1 aromatic heterocycles. The van der Waals surface area contributed by atoms with Crippen molar-refractivity contribution in [2.24, 2.45) is 0 Å². The van der Waals surface area contributed by atoms with E-state index in [9.17, 15) is 18.0 Å². The number of anilines is 2. The first kappa shape index (κ1) is 22.9. The van der Waals surface area contributed by atoms with E-state index in [1.807, 2.05) is 0 Å². The number of hydrogen-bond acceptors (Lipinski definition) is 6. The van der Waals surface area contributed by atoms with E-state index in [2.05, 4.69) is 20.3 Å². The summed E-state index contributed by atoms with van der Waals surface area (Å²) in [4.78, 5) is 27.5. The second-order valence-corrected chi connectivity index (χ2v) is 8.54. The van der Waals surface area contributed by atoms with E-state index < -0.39 is 10.0 Å². The number of aromatic nitrogens is 1. The number of sulfonamides is 1. The highest BCUT2D eigenvalue weighted by Gasteiger charge is 2.14. The predicted molar refractivity (Wildman–Crippen MR) is 120 cm³/mol. The summed E-state index contributed by atoms with van der Waals surface area (Å²) < 4.78 is 32.5. The van der Waals surface area contributed by atoms with Gasteiger partial charge in [-0.2, -0.15) is 0 Å². The Labute approximate surface area is 185 Å². The van der Waals surface area contributed by atoms with Gasteiger partial charge in [0.2, 0.25) is 21.8 Å². The lowest BCUT2D eigenvalue weighted by Crippen LogP contribution is -2.23. The number of hydrogen-bond donors (Lipinski definition) is 3. The molecule has 32 heavy (non-hydrogen) atoms. The Morgan fingerprint density at radius 2 is 1.56 bits per heavy atom. The van der Waals surface area contributed by atoms with Gasteiger partial charge in [0.1, 0.15) is 0 Å². The molecular weight excluding hydrogens is 432 g/mol. The number of benzene rings is 2. The fraction of sp³-hybridized carbons (Fsp3) is 0.136. The van der Waals surface area contributed by atoms with Crippen LogP contribution in [0.3, 0.4) is 0 Å². The molecule has 3 N–H and O–H groups in total. The van der Waals surface area contributed by atoms with Gasteiger partial charge < -0.3 is 15.4 Å².